The quantitative estimate of drug-likeness (QED) is 0.0180. The molecule has 0 aromatic heterocycles. The van der Waals surface area contributed by atoms with E-state index in [4.69, 9.17) is 25.2 Å². The third kappa shape index (κ3) is 19.8. The van der Waals surface area contributed by atoms with Crippen LogP contribution in [0, 0.1) is 6.92 Å². The van der Waals surface area contributed by atoms with Crippen LogP contribution in [0.25, 0.3) is 12.2 Å². The summed E-state index contributed by atoms with van der Waals surface area (Å²) in [5.41, 5.74) is 2.73. The molecule has 0 unspecified atom stereocenters. The number of hydrogen-bond donors (Lipinski definition) is 12. The normalized spacial score (nSPS) is 14.1. The maximum atomic E-state index is 13.5. The summed E-state index contributed by atoms with van der Waals surface area (Å²) in [6.07, 6.45) is 1.75. The fourth-order valence-electron chi connectivity index (χ4n) is 6.43. The third-order valence-corrected chi connectivity index (χ3v) is 13.3. The molecule has 6 rings (SSSR count). The van der Waals surface area contributed by atoms with Gasteiger partial charge in [-0.3, -0.25) is 29.5 Å². The number of rotatable bonds is 19. The van der Waals surface area contributed by atoms with E-state index in [-0.39, 0.29) is 142 Å². The molecule has 2 aliphatic rings. The van der Waals surface area contributed by atoms with Crippen LogP contribution in [0.5, 0.6) is 5.75 Å². The second kappa shape index (κ2) is 30.5. The largest absolute Gasteiger partial charge is 1.00 e. The third-order valence-electron chi connectivity index (χ3n) is 9.78. The number of benzene rings is 4. The van der Waals surface area contributed by atoms with Crippen LogP contribution in [0.3, 0.4) is 0 Å². The Hall–Kier alpha value is -4.89. The topological polar surface area (TPSA) is 461 Å². The number of allylic oxidation sites excluding steroid dienone is 2. The minimum Gasteiger partial charge on any atom is -0.744 e. The Bertz CT molecular complexity index is 3380. The zero-order chi connectivity index (χ0) is 55.9. The zero-order valence-corrected chi connectivity index (χ0v) is 48.4. The maximum Gasteiger partial charge on any atom is 1.00 e. The maximum absolute atomic E-state index is 13.5. The predicted molar refractivity (Wildman–Crippen MR) is 270 cm³/mol. The first-order valence-corrected chi connectivity index (χ1v) is 27.0. The summed E-state index contributed by atoms with van der Waals surface area (Å²) in [7, 11) is -18.7. The Balaban J connectivity index is 0.00000112. The van der Waals surface area contributed by atoms with Crippen LogP contribution in [0.2, 0.25) is 0 Å². The molecule has 12 N–H and O–H groups in total. The standard InChI is InChI=1S/C35H28N6O16S4.2C4H11NO2.2Na/c1-17-11-26(27(57-2)16-28(17)59(48,49)50)39-41-32-30(61(54,55)56)15-19-13-22(6-10-25(19)34(32)43)37-35(44)36-21-5-9-24-18(12-21)14-29(60(51,52)53)31(33(24)42)40-38-20-3-7-23(8-4-20)58(45,46)47;2*6-3-1-5-2-4-7;;/h3-16,38-39H,1-2H3,(H2,36,37,44)(H,45,46,47)(H,48,49,50)(H,51,52,53)(H,54,55,56);2*5-7H,1-4H2;;/q;;;2*+1/p-2/b40-31-,41-32+;;;;. The van der Waals surface area contributed by atoms with Crippen molar-refractivity contribution in [2.45, 2.75) is 16.7 Å². The molecule has 0 spiro atoms. The number of carbonyl (C=O) groups excluding carboxylic acids is 3. The minimum atomic E-state index is -5.34. The second-order valence-electron chi connectivity index (χ2n) is 15.1. The molecule has 34 heteroatoms. The van der Waals surface area contributed by atoms with Gasteiger partial charge in [0, 0.05) is 54.7 Å². The SMILES string of the molecule is COc1cc(S(=O)(=O)O)c(C)cc1N/N=C1/C(=O)c2ccc(NC(=O)Nc3ccc4c(c3)C=C(S(=O)(=O)[O-])/C(=N/Nc3ccc(S(=O)(=O)[O-])cc3)C4=O)cc2C=C1S(=O)(=O)O.OCCNCCO.OCCNCCO.[Na+].[Na+]. The summed E-state index contributed by atoms with van der Waals surface area (Å²) in [4.78, 5) is 36.8. The number of hydrogen-bond acceptors (Lipinski definition) is 24. The molecule has 0 saturated carbocycles. The molecule has 0 fully saturated rings. The number of aliphatic hydroxyl groups excluding tert-OH is 4. The van der Waals surface area contributed by atoms with Crippen molar-refractivity contribution in [3.05, 3.63) is 110 Å². The summed E-state index contributed by atoms with van der Waals surface area (Å²) in [5, 5.41) is 50.6. The molecule has 0 bridgehead atoms. The average molecular weight is 1170 g/mol. The molecule has 4 aromatic carbocycles. The molecule has 4 aromatic rings. The van der Waals surface area contributed by atoms with Gasteiger partial charge in [0.25, 0.3) is 20.2 Å². The van der Waals surface area contributed by atoms with Gasteiger partial charge < -0.3 is 55.5 Å². The van der Waals surface area contributed by atoms with Crippen LogP contribution in [0.4, 0.5) is 27.5 Å². The van der Waals surface area contributed by atoms with Crippen molar-refractivity contribution >= 4 is 104 Å². The molecule has 2 aliphatic carbocycles. The van der Waals surface area contributed by atoms with Crippen LogP contribution in [-0.4, -0.2) is 161 Å². The fourth-order valence-corrected chi connectivity index (χ4v) is 8.92. The number of aryl methyl sites for hydroxylation is 1. The van der Waals surface area contributed by atoms with Crippen LogP contribution in [-0.2, 0) is 40.5 Å². The Morgan fingerprint density at radius 1 is 0.584 bits per heavy atom. The van der Waals surface area contributed by atoms with E-state index in [0.717, 1.165) is 49.6 Å². The Kier molecular flexibility index (Phi) is 27.0. The average Bonchev–Trinajstić information content (AvgIpc) is 3.33. The van der Waals surface area contributed by atoms with Gasteiger partial charge in [-0.2, -0.15) is 27.0 Å². The first-order chi connectivity index (χ1) is 35.2. The van der Waals surface area contributed by atoms with Gasteiger partial charge in [-0.1, -0.05) is 0 Å². The van der Waals surface area contributed by atoms with E-state index < -0.39 is 89.1 Å². The van der Waals surface area contributed by atoms with Crippen molar-refractivity contribution in [3.63, 3.8) is 0 Å². The molecule has 0 saturated heterocycles. The minimum absolute atomic E-state index is 0. The molecular formula is C43H48N8Na2O20S4. The molecule has 0 aliphatic heterocycles. The number of amides is 2. The number of nitrogens with one attached hydrogen (secondary N) is 6. The number of carbonyl (C=O) groups is 3. The van der Waals surface area contributed by atoms with Crippen LogP contribution < -0.4 is 96.0 Å². The number of ketones is 2. The van der Waals surface area contributed by atoms with Gasteiger partial charge in [-0.15, -0.1) is 0 Å². The number of anilines is 4. The van der Waals surface area contributed by atoms with E-state index in [1.807, 2.05) is 0 Å². The predicted octanol–water partition coefficient (Wildman–Crippen LogP) is -5.63. The van der Waals surface area contributed by atoms with E-state index in [2.05, 4.69) is 42.3 Å². The number of fused-ring (bicyclic) bond motifs is 2. The van der Waals surface area contributed by atoms with Gasteiger partial charge in [0.2, 0.25) is 11.6 Å². The molecule has 0 heterocycles. The summed E-state index contributed by atoms with van der Waals surface area (Å²) in [6, 6.07) is 12.6. The molecule has 2 amide bonds. The number of ether oxygens (including phenoxy) is 1. The summed E-state index contributed by atoms with van der Waals surface area (Å²) >= 11 is 0. The number of hydrazone groups is 2. The van der Waals surface area contributed by atoms with E-state index in [1.165, 1.54) is 49.4 Å². The van der Waals surface area contributed by atoms with Gasteiger partial charge in [0.15, 0.2) is 5.71 Å². The number of nitrogens with zero attached hydrogens (tertiary/aromatic N) is 2. The van der Waals surface area contributed by atoms with Crippen LogP contribution >= 0.6 is 0 Å². The molecule has 28 nitrogen and oxygen atoms in total. The fraction of sp³-hybridized carbons (Fsp3) is 0.233. The first kappa shape index (κ1) is 68.2. The van der Waals surface area contributed by atoms with Crippen LogP contribution in [0.1, 0.15) is 37.4 Å². The second-order valence-corrected chi connectivity index (χ2v) is 20.6. The first-order valence-electron chi connectivity index (χ1n) is 21.3. The number of urea groups is 1. The van der Waals surface area contributed by atoms with Gasteiger partial charge in [0.05, 0.1) is 54.7 Å². The molecule has 0 atom stereocenters. The summed E-state index contributed by atoms with van der Waals surface area (Å²) < 4.78 is 143. The van der Waals surface area contributed by atoms with Crippen molar-refractivity contribution in [1.82, 2.24) is 10.6 Å². The van der Waals surface area contributed by atoms with Gasteiger partial charge >= 0.3 is 65.1 Å². The van der Waals surface area contributed by atoms with Crippen molar-refractivity contribution in [2.75, 3.05) is 81.2 Å². The molecule has 406 valence electrons. The Morgan fingerprint density at radius 2 is 1.01 bits per heavy atom. The van der Waals surface area contributed by atoms with Gasteiger partial charge in [-0.25, -0.2) is 21.6 Å². The van der Waals surface area contributed by atoms with Crippen molar-refractivity contribution < 1.29 is 151 Å². The van der Waals surface area contributed by atoms with E-state index in [0.29, 0.717) is 26.2 Å². The number of methoxy groups -OCH3 is 1. The van der Waals surface area contributed by atoms with E-state index in [9.17, 15) is 66.3 Å². The van der Waals surface area contributed by atoms with Crippen LogP contribution in [0.15, 0.2) is 103 Å². The smallest absolute Gasteiger partial charge is 0.744 e. The number of aliphatic hydroxyl groups is 4. The molecule has 0 radical (unpaired) electrons. The van der Waals surface area contributed by atoms with E-state index >= 15 is 0 Å². The molecular weight excluding hydrogens is 1120 g/mol. The van der Waals surface area contributed by atoms with E-state index in [1.54, 1.807) is 0 Å². The number of Topliss-reactive ketones (excluding diaryl/α,β-unsaturated/α-hetero) is 2. The monoisotopic (exact) mass is 1170 g/mol. The summed E-state index contributed by atoms with van der Waals surface area (Å²) in [6.45, 7) is 4.17. The van der Waals surface area contributed by atoms with Crippen molar-refractivity contribution in [1.29, 1.82) is 0 Å². The summed E-state index contributed by atoms with van der Waals surface area (Å²) in [5.74, 6) is -2.17. The van der Waals surface area contributed by atoms with Crippen molar-refractivity contribution in [3.8, 4) is 5.75 Å². The van der Waals surface area contributed by atoms with Gasteiger partial charge in [0.1, 0.15) is 41.5 Å². The Labute approximate surface area is 485 Å². The van der Waals surface area contributed by atoms with Gasteiger partial charge in [-0.05, 0) is 102 Å². The zero-order valence-electron chi connectivity index (χ0n) is 41.2. The Morgan fingerprint density at radius 3 is 1.42 bits per heavy atom. The van der Waals surface area contributed by atoms with Crippen molar-refractivity contribution in [2.24, 2.45) is 10.2 Å². The molecule has 77 heavy (non-hydrogen) atoms.